The van der Waals surface area contributed by atoms with Crippen LogP contribution in [0, 0.1) is 0 Å². The zero-order valence-corrected chi connectivity index (χ0v) is 19.1. The summed E-state index contributed by atoms with van der Waals surface area (Å²) in [4.78, 5) is 34.9. The fourth-order valence-corrected chi connectivity index (χ4v) is 5.84. The van der Waals surface area contributed by atoms with Gasteiger partial charge in [-0.05, 0) is 65.2 Å². The van der Waals surface area contributed by atoms with Crippen LogP contribution in [0.2, 0.25) is 0 Å². The summed E-state index contributed by atoms with van der Waals surface area (Å²) < 4.78 is 1.79. The van der Waals surface area contributed by atoms with Crippen molar-refractivity contribution in [3.63, 3.8) is 0 Å². The van der Waals surface area contributed by atoms with Gasteiger partial charge in [0.25, 0.3) is 5.56 Å². The second-order valence-electron chi connectivity index (χ2n) is 7.69. The third kappa shape index (κ3) is 5.10. The molecule has 1 unspecified atom stereocenters. The van der Waals surface area contributed by atoms with Gasteiger partial charge in [0.15, 0.2) is 5.16 Å². The fourth-order valence-electron chi connectivity index (χ4n) is 3.58. The van der Waals surface area contributed by atoms with E-state index in [1.54, 1.807) is 22.0 Å². The summed E-state index contributed by atoms with van der Waals surface area (Å²) in [6, 6.07) is 0. The molecule has 3 rings (SSSR count). The summed E-state index contributed by atoms with van der Waals surface area (Å²) in [6.07, 6.45) is 6.84. The molecule has 1 aliphatic carbocycles. The van der Waals surface area contributed by atoms with Crippen molar-refractivity contribution in [1.82, 2.24) is 19.8 Å². The monoisotopic (exact) mass is 434 g/mol. The molecule has 2 aromatic rings. The Hall–Kier alpha value is -1.64. The van der Waals surface area contributed by atoms with E-state index in [1.807, 2.05) is 21.0 Å². The van der Waals surface area contributed by atoms with Crippen LogP contribution in [0.4, 0.5) is 0 Å². The molecule has 0 spiro atoms. The van der Waals surface area contributed by atoms with Gasteiger partial charge < -0.3 is 10.2 Å². The quantitative estimate of drug-likeness (QED) is 0.373. The maximum atomic E-state index is 13.5. The average Bonchev–Trinajstić information content (AvgIpc) is 3.06. The van der Waals surface area contributed by atoms with E-state index in [2.05, 4.69) is 16.8 Å². The second kappa shape index (κ2) is 9.91. The number of carbonyl (C=O) groups excluding carboxylic acids is 1. The van der Waals surface area contributed by atoms with Crippen LogP contribution in [-0.2, 0) is 24.2 Å². The van der Waals surface area contributed by atoms with Crippen molar-refractivity contribution in [2.75, 3.05) is 27.2 Å². The van der Waals surface area contributed by atoms with Crippen LogP contribution in [0.25, 0.3) is 10.2 Å². The highest BCUT2D eigenvalue weighted by molar-refractivity contribution is 8.00. The number of thiophene rings is 1. The average molecular weight is 435 g/mol. The molecule has 0 fully saturated rings. The lowest BCUT2D eigenvalue weighted by molar-refractivity contribution is -0.120. The van der Waals surface area contributed by atoms with E-state index in [-0.39, 0.29) is 16.7 Å². The van der Waals surface area contributed by atoms with Crippen LogP contribution in [0.5, 0.6) is 0 Å². The third-order valence-corrected chi connectivity index (χ3v) is 7.37. The molecule has 29 heavy (non-hydrogen) atoms. The van der Waals surface area contributed by atoms with Crippen LogP contribution in [0.1, 0.15) is 36.6 Å². The first-order chi connectivity index (χ1) is 13.9. The molecule has 2 heterocycles. The van der Waals surface area contributed by atoms with Gasteiger partial charge >= 0.3 is 0 Å². The lowest BCUT2D eigenvalue weighted by atomic mass is 9.97. The van der Waals surface area contributed by atoms with Gasteiger partial charge in [-0.3, -0.25) is 14.2 Å². The highest BCUT2D eigenvalue weighted by Crippen LogP contribution is 2.35. The van der Waals surface area contributed by atoms with E-state index in [1.165, 1.54) is 28.6 Å². The SMILES string of the molecule is C=CCNC(=O)C(C)Sc1nc2sc3c(c2c(=O)n1CCCN(C)C)CCCC3. The molecule has 6 nitrogen and oxygen atoms in total. The van der Waals surface area contributed by atoms with Crippen molar-refractivity contribution >= 4 is 39.2 Å². The van der Waals surface area contributed by atoms with Gasteiger partial charge in [-0.1, -0.05) is 17.8 Å². The molecule has 1 amide bonds. The van der Waals surface area contributed by atoms with Gasteiger partial charge in [0.1, 0.15) is 4.83 Å². The van der Waals surface area contributed by atoms with Crippen molar-refractivity contribution in [3.8, 4) is 0 Å². The molecule has 0 aliphatic heterocycles. The predicted molar refractivity (Wildman–Crippen MR) is 122 cm³/mol. The first-order valence-corrected chi connectivity index (χ1v) is 11.9. The normalized spacial score (nSPS) is 14.8. The number of carbonyl (C=O) groups is 1. The first-order valence-electron chi connectivity index (χ1n) is 10.2. The number of thioether (sulfide) groups is 1. The number of nitrogens with one attached hydrogen (secondary N) is 1. The summed E-state index contributed by atoms with van der Waals surface area (Å²) in [5, 5.41) is 3.93. The van der Waals surface area contributed by atoms with E-state index in [4.69, 9.17) is 4.98 Å². The fraction of sp³-hybridized carbons (Fsp3) is 0.571. The van der Waals surface area contributed by atoms with Crippen molar-refractivity contribution in [3.05, 3.63) is 33.4 Å². The van der Waals surface area contributed by atoms with Crippen LogP contribution in [0.3, 0.4) is 0 Å². The summed E-state index contributed by atoms with van der Waals surface area (Å²) >= 11 is 3.02. The lowest BCUT2D eigenvalue weighted by Crippen LogP contribution is -2.32. The molecule has 0 saturated heterocycles. The third-order valence-electron chi connectivity index (χ3n) is 5.10. The molecular weight excluding hydrogens is 404 g/mol. The molecule has 158 valence electrons. The van der Waals surface area contributed by atoms with Gasteiger partial charge in [0.2, 0.25) is 5.91 Å². The van der Waals surface area contributed by atoms with Gasteiger partial charge in [0.05, 0.1) is 10.6 Å². The van der Waals surface area contributed by atoms with Crippen molar-refractivity contribution in [2.45, 2.75) is 56.0 Å². The van der Waals surface area contributed by atoms with E-state index in [9.17, 15) is 9.59 Å². The van der Waals surface area contributed by atoms with Gasteiger partial charge in [0, 0.05) is 18.0 Å². The van der Waals surface area contributed by atoms with Gasteiger partial charge in [-0.15, -0.1) is 17.9 Å². The largest absolute Gasteiger partial charge is 0.352 e. The lowest BCUT2D eigenvalue weighted by Gasteiger charge is -2.17. The van der Waals surface area contributed by atoms with Crippen LogP contribution in [0.15, 0.2) is 22.6 Å². The molecule has 2 aromatic heterocycles. The van der Waals surface area contributed by atoms with E-state index in [0.29, 0.717) is 18.2 Å². The number of rotatable bonds is 9. The number of hydrogen-bond acceptors (Lipinski definition) is 6. The number of aromatic nitrogens is 2. The van der Waals surface area contributed by atoms with Crippen molar-refractivity contribution in [2.24, 2.45) is 0 Å². The minimum Gasteiger partial charge on any atom is -0.352 e. The highest BCUT2D eigenvalue weighted by atomic mass is 32.2. The van der Waals surface area contributed by atoms with Crippen LogP contribution >= 0.6 is 23.1 Å². The predicted octanol–water partition coefficient (Wildman–Crippen LogP) is 3.07. The Morgan fingerprint density at radius 2 is 2.17 bits per heavy atom. The summed E-state index contributed by atoms with van der Waals surface area (Å²) in [5.74, 6) is -0.0745. The molecule has 8 heteroatoms. The zero-order chi connectivity index (χ0) is 21.0. The minimum absolute atomic E-state index is 0.0503. The molecule has 0 aromatic carbocycles. The highest BCUT2D eigenvalue weighted by Gasteiger charge is 2.24. The number of nitrogens with zero attached hydrogens (tertiary/aromatic N) is 3. The molecule has 0 bridgehead atoms. The van der Waals surface area contributed by atoms with Crippen molar-refractivity contribution < 1.29 is 4.79 Å². The van der Waals surface area contributed by atoms with E-state index >= 15 is 0 Å². The van der Waals surface area contributed by atoms with Crippen LogP contribution in [-0.4, -0.2) is 52.8 Å². The van der Waals surface area contributed by atoms with Crippen LogP contribution < -0.4 is 10.9 Å². The Bertz CT molecular complexity index is 948. The second-order valence-corrected chi connectivity index (χ2v) is 10.1. The van der Waals surface area contributed by atoms with E-state index in [0.717, 1.165) is 42.4 Å². The van der Waals surface area contributed by atoms with Gasteiger partial charge in [-0.25, -0.2) is 4.98 Å². The van der Waals surface area contributed by atoms with E-state index < -0.39 is 0 Å². The molecule has 1 N–H and O–H groups in total. The maximum absolute atomic E-state index is 13.5. The molecule has 1 atom stereocenters. The first kappa shape index (κ1) is 22.1. The topological polar surface area (TPSA) is 67.2 Å². The molecule has 0 radical (unpaired) electrons. The Labute approximate surface area is 180 Å². The molecule has 1 aliphatic rings. The molecular formula is C21H30N4O2S2. The summed E-state index contributed by atoms with van der Waals surface area (Å²) in [6.45, 7) is 7.42. The molecule has 0 saturated carbocycles. The number of amides is 1. The number of hydrogen-bond donors (Lipinski definition) is 1. The summed E-state index contributed by atoms with van der Waals surface area (Å²) in [5.41, 5.74) is 1.26. The zero-order valence-electron chi connectivity index (χ0n) is 17.5. The number of aryl methyl sites for hydroxylation is 2. The Kier molecular flexibility index (Phi) is 7.54. The standard InChI is InChI=1S/C21H30N4O2S2/c1-5-11-22-18(26)14(2)28-21-23-19-17(15-9-6-7-10-16(15)29-19)20(27)25(21)13-8-12-24(3)4/h5,14H,1,6-13H2,2-4H3,(H,22,26). The maximum Gasteiger partial charge on any atom is 0.263 e. The van der Waals surface area contributed by atoms with Crippen molar-refractivity contribution in [1.29, 1.82) is 0 Å². The summed E-state index contributed by atoms with van der Waals surface area (Å²) in [7, 11) is 4.06. The Morgan fingerprint density at radius 1 is 1.41 bits per heavy atom. The minimum atomic E-state index is -0.339. The Morgan fingerprint density at radius 3 is 2.90 bits per heavy atom. The number of fused-ring (bicyclic) bond motifs is 3. The smallest absolute Gasteiger partial charge is 0.263 e. The van der Waals surface area contributed by atoms with Gasteiger partial charge in [-0.2, -0.15) is 0 Å². The Balaban J connectivity index is 1.98.